The molecule has 0 spiro atoms. The highest BCUT2D eigenvalue weighted by Crippen LogP contribution is 2.36. The molecule has 0 saturated carbocycles. The van der Waals surface area contributed by atoms with Gasteiger partial charge in [-0.1, -0.05) is 18.2 Å². The Labute approximate surface area is 163 Å². The second-order valence-corrected chi connectivity index (χ2v) is 6.93. The largest absolute Gasteiger partial charge is 0.497 e. The second-order valence-electron chi connectivity index (χ2n) is 6.93. The van der Waals surface area contributed by atoms with Crippen molar-refractivity contribution in [3.63, 3.8) is 0 Å². The summed E-state index contributed by atoms with van der Waals surface area (Å²) in [4.78, 5) is 29.7. The van der Waals surface area contributed by atoms with Crippen LogP contribution in [0.3, 0.4) is 0 Å². The predicted molar refractivity (Wildman–Crippen MR) is 104 cm³/mol. The summed E-state index contributed by atoms with van der Waals surface area (Å²) in [6, 6.07) is 12.6. The van der Waals surface area contributed by atoms with Crippen LogP contribution in [0.15, 0.2) is 54.2 Å². The number of imide groups is 1. The van der Waals surface area contributed by atoms with Crippen LogP contribution >= 0.6 is 0 Å². The van der Waals surface area contributed by atoms with Gasteiger partial charge in [0.25, 0.3) is 11.8 Å². The number of hydrogen-bond donors (Lipinski definition) is 0. The minimum Gasteiger partial charge on any atom is -0.497 e. The van der Waals surface area contributed by atoms with Crippen molar-refractivity contribution in [2.75, 3.05) is 25.1 Å². The number of nitrogens with zero attached hydrogens (tertiary/aromatic N) is 2. The number of piperidine rings is 1. The lowest BCUT2D eigenvalue weighted by Crippen LogP contribution is -2.37. The molecule has 1 fully saturated rings. The fraction of sp³-hybridized carbons (Fsp3) is 0.273. The van der Waals surface area contributed by atoms with E-state index in [9.17, 15) is 14.0 Å². The van der Waals surface area contributed by atoms with Gasteiger partial charge >= 0.3 is 0 Å². The van der Waals surface area contributed by atoms with Crippen LogP contribution in [0.2, 0.25) is 0 Å². The van der Waals surface area contributed by atoms with Crippen molar-refractivity contribution >= 4 is 23.1 Å². The zero-order valence-electron chi connectivity index (χ0n) is 15.7. The molecule has 6 heteroatoms. The lowest BCUT2D eigenvalue weighted by atomic mass is 10.0. The molecule has 5 nitrogen and oxygen atoms in total. The first-order valence-electron chi connectivity index (χ1n) is 9.38. The van der Waals surface area contributed by atoms with E-state index in [2.05, 4.69) is 0 Å². The molecule has 0 radical (unpaired) electrons. The van der Waals surface area contributed by atoms with Crippen LogP contribution < -0.4 is 9.64 Å². The van der Waals surface area contributed by atoms with Gasteiger partial charge in [0.05, 0.1) is 18.4 Å². The van der Waals surface area contributed by atoms with E-state index in [0.717, 1.165) is 37.3 Å². The number of rotatable bonds is 4. The maximum Gasteiger partial charge on any atom is 0.282 e. The first kappa shape index (κ1) is 18.2. The van der Waals surface area contributed by atoms with Crippen molar-refractivity contribution in [1.82, 2.24) is 4.90 Å². The molecule has 0 bridgehead atoms. The molecule has 28 heavy (non-hydrogen) atoms. The minimum atomic E-state index is -0.490. The highest BCUT2D eigenvalue weighted by molar-refractivity contribution is 6.45. The van der Waals surface area contributed by atoms with E-state index in [-0.39, 0.29) is 5.69 Å². The smallest absolute Gasteiger partial charge is 0.282 e. The molecule has 0 N–H and O–H groups in total. The van der Waals surface area contributed by atoms with Crippen LogP contribution in [-0.2, 0) is 9.59 Å². The molecular weight excluding hydrogens is 359 g/mol. The van der Waals surface area contributed by atoms with Gasteiger partial charge in [0.1, 0.15) is 17.3 Å². The number of benzene rings is 2. The third-order valence-corrected chi connectivity index (χ3v) is 5.18. The summed E-state index contributed by atoms with van der Waals surface area (Å²) in [5.41, 5.74) is 1.66. The lowest BCUT2D eigenvalue weighted by molar-refractivity contribution is -0.120. The Hall–Kier alpha value is -3.15. The molecule has 144 valence electrons. The zero-order chi connectivity index (χ0) is 19.7. The van der Waals surface area contributed by atoms with Crippen LogP contribution in [0.4, 0.5) is 10.1 Å². The van der Waals surface area contributed by atoms with Gasteiger partial charge in [-0.05, 0) is 55.2 Å². The van der Waals surface area contributed by atoms with Crippen molar-refractivity contribution < 1.29 is 18.7 Å². The van der Waals surface area contributed by atoms with E-state index >= 15 is 0 Å². The standard InChI is InChI=1S/C22H21FN2O3/c1-28-18-10-8-15(9-11-18)19-20(24-12-3-2-4-13-24)22(27)25(21(19)26)17-7-5-6-16(23)14-17/h5-11,14H,2-4,12-13H2,1H3. The quantitative estimate of drug-likeness (QED) is 0.761. The molecule has 0 aliphatic carbocycles. The Morgan fingerprint density at radius 3 is 2.29 bits per heavy atom. The summed E-state index contributed by atoms with van der Waals surface area (Å²) in [6.45, 7) is 1.45. The van der Waals surface area contributed by atoms with Crippen molar-refractivity contribution in [2.24, 2.45) is 0 Å². The summed E-state index contributed by atoms with van der Waals surface area (Å²) in [5.74, 6) is -0.650. The summed E-state index contributed by atoms with van der Waals surface area (Å²) in [5, 5.41) is 0. The fourth-order valence-corrected chi connectivity index (χ4v) is 3.80. The van der Waals surface area contributed by atoms with Crippen LogP contribution in [0.25, 0.3) is 5.57 Å². The maximum absolute atomic E-state index is 13.7. The average molecular weight is 380 g/mol. The van der Waals surface area contributed by atoms with Gasteiger partial charge in [-0.3, -0.25) is 9.59 Å². The number of methoxy groups -OCH3 is 1. The second kappa shape index (κ2) is 7.46. The summed E-state index contributed by atoms with van der Waals surface area (Å²) in [6.07, 6.45) is 3.05. The third-order valence-electron chi connectivity index (χ3n) is 5.18. The van der Waals surface area contributed by atoms with E-state index in [1.165, 1.54) is 18.2 Å². The number of hydrogen-bond acceptors (Lipinski definition) is 4. The van der Waals surface area contributed by atoms with Crippen molar-refractivity contribution in [2.45, 2.75) is 19.3 Å². The number of likely N-dealkylation sites (tertiary alicyclic amines) is 1. The van der Waals surface area contributed by atoms with Crippen molar-refractivity contribution in [3.05, 3.63) is 65.6 Å². The molecule has 4 rings (SSSR count). The van der Waals surface area contributed by atoms with Gasteiger partial charge in [0.2, 0.25) is 0 Å². The normalized spacial score (nSPS) is 17.5. The van der Waals surface area contributed by atoms with E-state index < -0.39 is 17.6 Å². The Morgan fingerprint density at radius 2 is 1.64 bits per heavy atom. The van der Waals surface area contributed by atoms with Crippen LogP contribution in [-0.4, -0.2) is 36.9 Å². The number of ether oxygens (including phenoxy) is 1. The highest BCUT2D eigenvalue weighted by Gasteiger charge is 2.42. The van der Waals surface area contributed by atoms with Crippen LogP contribution in [0.1, 0.15) is 24.8 Å². The van der Waals surface area contributed by atoms with Crippen molar-refractivity contribution in [3.8, 4) is 5.75 Å². The molecule has 2 aliphatic heterocycles. The van der Waals surface area contributed by atoms with E-state index in [4.69, 9.17) is 4.74 Å². The van der Waals surface area contributed by atoms with E-state index in [1.54, 1.807) is 37.4 Å². The topological polar surface area (TPSA) is 49.9 Å². The number of amides is 2. The van der Waals surface area contributed by atoms with E-state index in [0.29, 0.717) is 22.6 Å². The average Bonchev–Trinajstić information content (AvgIpc) is 2.99. The molecule has 0 unspecified atom stereocenters. The number of halogens is 1. The molecule has 0 aromatic heterocycles. The molecule has 2 heterocycles. The summed E-state index contributed by atoms with van der Waals surface area (Å²) >= 11 is 0. The van der Waals surface area contributed by atoms with Gasteiger partial charge in [-0.25, -0.2) is 9.29 Å². The molecule has 2 aliphatic rings. The summed E-state index contributed by atoms with van der Waals surface area (Å²) in [7, 11) is 1.57. The highest BCUT2D eigenvalue weighted by atomic mass is 19.1. The molecule has 2 aromatic rings. The molecule has 2 aromatic carbocycles. The Morgan fingerprint density at radius 1 is 0.929 bits per heavy atom. The molecule has 2 amide bonds. The maximum atomic E-state index is 13.7. The van der Waals surface area contributed by atoms with Gasteiger partial charge in [-0.2, -0.15) is 0 Å². The first-order valence-corrected chi connectivity index (χ1v) is 9.38. The molecule has 0 atom stereocenters. The monoisotopic (exact) mass is 380 g/mol. The number of carbonyl (C=O) groups excluding carboxylic acids is 2. The van der Waals surface area contributed by atoms with Gasteiger partial charge in [0.15, 0.2) is 0 Å². The minimum absolute atomic E-state index is 0.244. The number of carbonyl (C=O) groups is 2. The van der Waals surface area contributed by atoms with Crippen LogP contribution in [0.5, 0.6) is 5.75 Å². The predicted octanol–water partition coefficient (Wildman–Crippen LogP) is 3.60. The SMILES string of the molecule is COc1ccc(C2=C(N3CCCCC3)C(=O)N(c3cccc(F)c3)C2=O)cc1. The van der Waals surface area contributed by atoms with Gasteiger partial charge in [0, 0.05) is 13.1 Å². The first-order chi connectivity index (χ1) is 13.6. The Bertz CT molecular complexity index is 947. The Kier molecular flexibility index (Phi) is 4.86. The zero-order valence-corrected chi connectivity index (χ0v) is 15.7. The lowest BCUT2D eigenvalue weighted by Gasteiger charge is -2.29. The van der Waals surface area contributed by atoms with Crippen molar-refractivity contribution in [1.29, 1.82) is 0 Å². The van der Waals surface area contributed by atoms with Crippen LogP contribution in [0, 0.1) is 5.82 Å². The number of anilines is 1. The van der Waals surface area contributed by atoms with E-state index in [1.807, 2.05) is 4.90 Å². The third kappa shape index (κ3) is 3.15. The van der Waals surface area contributed by atoms with Gasteiger partial charge < -0.3 is 9.64 Å². The Balaban J connectivity index is 1.81. The molecule has 1 saturated heterocycles. The molecular formula is C22H21FN2O3. The van der Waals surface area contributed by atoms with Gasteiger partial charge in [-0.15, -0.1) is 0 Å². The summed E-state index contributed by atoms with van der Waals surface area (Å²) < 4.78 is 18.9. The fourth-order valence-electron chi connectivity index (χ4n) is 3.80.